The summed E-state index contributed by atoms with van der Waals surface area (Å²) in [6, 6.07) is 11.7. The Labute approximate surface area is 156 Å². The lowest BCUT2D eigenvalue weighted by Gasteiger charge is -2.11. The molecule has 0 unspecified atom stereocenters. The number of rotatable bonds is 8. The van der Waals surface area contributed by atoms with E-state index in [0.717, 1.165) is 12.8 Å². The fraction of sp³-hybridized carbons (Fsp3) is 0.250. The number of anilines is 1. The molecule has 27 heavy (non-hydrogen) atoms. The van der Waals surface area contributed by atoms with Gasteiger partial charge in [-0.15, -0.1) is 0 Å². The number of amides is 2. The number of hydrogen-bond donors (Lipinski definition) is 2. The normalized spacial score (nSPS) is 12.8. The summed E-state index contributed by atoms with van der Waals surface area (Å²) >= 11 is 0. The predicted molar refractivity (Wildman–Crippen MR) is 99.4 cm³/mol. The molecular formula is C20H20N2O5. The zero-order valence-electron chi connectivity index (χ0n) is 14.9. The van der Waals surface area contributed by atoms with Gasteiger partial charge in [0.05, 0.1) is 7.11 Å². The van der Waals surface area contributed by atoms with Crippen LogP contribution in [-0.2, 0) is 4.79 Å². The van der Waals surface area contributed by atoms with Gasteiger partial charge in [-0.1, -0.05) is 6.07 Å². The zero-order valence-corrected chi connectivity index (χ0v) is 14.9. The molecule has 0 saturated heterocycles. The molecule has 2 amide bonds. The van der Waals surface area contributed by atoms with E-state index in [1.807, 2.05) is 0 Å². The Kier molecular flexibility index (Phi) is 5.71. The molecule has 0 radical (unpaired) electrons. The van der Waals surface area contributed by atoms with E-state index in [1.165, 1.54) is 13.2 Å². The highest BCUT2D eigenvalue weighted by Crippen LogP contribution is 2.27. The monoisotopic (exact) mass is 368 g/mol. The van der Waals surface area contributed by atoms with Crippen molar-refractivity contribution in [2.45, 2.75) is 18.9 Å². The Morgan fingerprint density at radius 3 is 2.67 bits per heavy atom. The number of carbonyl (C=O) groups excluding carboxylic acids is 3. The number of ether oxygens (including phenoxy) is 2. The van der Waals surface area contributed by atoms with Gasteiger partial charge in [-0.2, -0.15) is 0 Å². The summed E-state index contributed by atoms with van der Waals surface area (Å²) in [5, 5.41) is 5.60. The van der Waals surface area contributed by atoms with Crippen LogP contribution in [0.2, 0.25) is 0 Å². The van der Waals surface area contributed by atoms with Crippen molar-refractivity contribution in [3.63, 3.8) is 0 Å². The minimum absolute atomic E-state index is 0.148. The van der Waals surface area contributed by atoms with Crippen LogP contribution in [0.25, 0.3) is 0 Å². The quantitative estimate of drug-likeness (QED) is 0.698. The van der Waals surface area contributed by atoms with Gasteiger partial charge < -0.3 is 20.1 Å². The molecule has 2 N–H and O–H groups in total. The molecule has 1 aliphatic carbocycles. The second-order valence-electron chi connectivity index (χ2n) is 6.19. The van der Waals surface area contributed by atoms with Crippen molar-refractivity contribution in [2.75, 3.05) is 19.0 Å². The van der Waals surface area contributed by atoms with Crippen molar-refractivity contribution in [1.29, 1.82) is 0 Å². The minimum atomic E-state index is -0.378. The molecule has 3 rings (SSSR count). The molecule has 0 atom stereocenters. The lowest BCUT2D eigenvalue weighted by molar-refractivity contribution is -0.118. The summed E-state index contributed by atoms with van der Waals surface area (Å²) in [5.41, 5.74) is 1.45. The molecular weight excluding hydrogens is 348 g/mol. The van der Waals surface area contributed by atoms with E-state index in [4.69, 9.17) is 9.47 Å². The first-order chi connectivity index (χ1) is 13.1. The summed E-state index contributed by atoms with van der Waals surface area (Å²) in [4.78, 5) is 35.0. The molecule has 0 bridgehead atoms. The first-order valence-electron chi connectivity index (χ1n) is 8.56. The van der Waals surface area contributed by atoms with Crippen molar-refractivity contribution in [2.24, 2.45) is 0 Å². The fourth-order valence-corrected chi connectivity index (χ4v) is 2.45. The highest BCUT2D eigenvalue weighted by molar-refractivity contribution is 5.97. The summed E-state index contributed by atoms with van der Waals surface area (Å²) in [5.74, 6) is 0.197. The second-order valence-corrected chi connectivity index (χ2v) is 6.19. The fourth-order valence-electron chi connectivity index (χ4n) is 2.45. The van der Waals surface area contributed by atoms with Crippen LogP contribution in [-0.4, -0.2) is 37.9 Å². The van der Waals surface area contributed by atoms with Crippen LogP contribution in [0.5, 0.6) is 11.5 Å². The maximum absolute atomic E-state index is 12.1. The number of hydrogen-bond acceptors (Lipinski definition) is 5. The van der Waals surface area contributed by atoms with Gasteiger partial charge in [0, 0.05) is 22.9 Å². The Hall–Kier alpha value is -3.35. The van der Waals surface area contributed by atoms with Gasteiger partial charge in [-0.05, 0) is 49.2 Å². The highest BCUT2D eigenvalue weighted by atomic mass is 16.5. The van der Waals surface area contributed by atoms with Crippen molar-refractivity contribution in [3.8, 4) is 11.5 Å². The van der Waals surface area contributed by atoms with Crippen LogP contribution in [0.15, 0.2) is 42.5 Å². The van der Waals surface area contributed by atoms with E-state index < -0.39 is 0 Å². The Morgan fingerprint density at radius 2 is 1.96 bits per heavy atom. The molecule has 0 spiro atoms. The topological polar surface area (TPSA) is 93.7 Å². The first-order valence-corrected chi connectivity index (χ1v) is 8.56. The molecule has 0 aromatic heterocycles. The third kappa shape index (κ3) is 5.07. The molecule has 1 saturated carbocycles. The van der Waals surface area contributed by atoms with Crippen molar-refractivity contribution in [3.05, 3.63) is 53.6 Å². The van der Waals surface area contributed by atoms with Gasteiger partial charge in [-0.25, -0.2) is 0 Å². The SMILES string of the molecule is COc1cc(C=O)ccc1OCC(=O)Nc1cccc(C(=O)NC2CC2)c1. The summed E-state index contributed by atoms with van der Waals surface area (Å²) in [7, 11) is 1.45. The largest absolute Gasteiger partial charge is 0.493 e. The van der Waals surface area contributed by atoms with Crippen molar-refractivity contribution in [1.82, 2.24) is 5.32 Å². The third-order valence-corrected chi connectivity index (χ3v) is 4.00. The number of benzene rings is 2. The molecule has 2 aromatic rings. The molecule has 2 aromatic carbocycles. The van der Waals surface area contributed by atoms with Crippen LogP contribution in [0.1, 0.15) is 33.6 Å². The summed E-state index contributed by atoms with van der Waals surface area (Å²) in [6.45, 7) is -0.241. The van der Waals surface area contributed by atoms with Crippen LogP contribution in [0.3, 0.4) is 0 Å². The molecule has 1 fully saturated rings. The molecule has 7 nitrogen and oxygen atoms in total. The Balaban J connectivity index is 1.58. The Morgan fingerprint density at radius 1 is 1.15 bits per heavy atom. The van der Waals surface area contributed by atoms with Crippen LogP contribution in [0.4, 0.5) is 5.69 Å². The second kappa shape index (κ2) is 8.35. The maximum atomic E-state index is 12.1. The van der Waals surface area contributed by atoms with Gasteiger partial charge in [0.25, 0.3) is 11.8 Å². The van der Waals surface area contributed by atoms with Gasteiger partial charge in [-0.3, -0.25) is 14.4 Å². The Bertz CT molecular complexity index is 861. The maximum Gasteiger partial charge on any atom is 0.262 e. The van der Waals surface area contributed by atoms with Crippen LogP contribution >= 0.6 is 0 Å². The molecule has 0 heterocycles. The molecule has 1 aliphatic rings. The number of methoxy groups -OCH3 is 1. The van der Waals surface area contributed by atoms with Crippen molar-refractivity contribution >= 4 is 23.8 Å². The lowest BCUT2D eigenvalue weighted by Crippen LogP contribution is -2.25. The van der Waals surface area contributed by atoms with E-state index in [1.54, 1.807) is 36.4 Å². The lowest BCUT2D eigenvalue weighted by atomic mass is 10.2. The van der Waals surface area contributed by atoms with E-state index in [-0.39, 0.29) is 24.5 Å². The average Bonchev–Trinajstić information content (AvgIpc) is 3.50. The van der Waals surface area contributed by atoms with E-state index in [2.05, 4.69) is 10.6 Å². The molecule has 140 valence electrons. The predicted octanol–water partition coefficient (Wildman–Crippen LogP) is 2.42. The van der Waals surface area contributed by atoms with E-state index in [9.17, 15) is 14.4 Å². The standard InChI is InChI=1S/C20H20N2O5/c1-26-18-9-13(11-23)5-8-17(18)27-12-19(24)21-16-4-2-3-14(10-16)20(25)22-15-6-7-15/h2-5,8-11,15H,6-7,12H2,1H3,(H,21,24)(H,22,25). The number of aldehydes is 1. The minimum Gasteiger partial charge on any atom is -0.493 e. The summed E-state index contributed by atoms with van der Waals surface area (Å²) in [6.07, 6.45) is 2.72. The van der Waals surface area contributed by atoms with Crippen LogP contribution in [0, 0.1) is 0 Å². The van der Waals surface area contributed by atoms with Gasteiger partial charge in [0.15, 0.2) is 18.1 Å². The number of carbonyl (C=O) groups is 3. The highest BCUT2D eigenvalue weighted by Gasteiger charge is 2.23. The van der Waals surface area contributed by atoms with Crippen molar-refractivity contribution < 1.29 is 23.9 Å². The van der Waals surface area contributed by atoms with E-state index >= 15 is 0 Å². The summed E-state index contributed by atoms with van der Waals surface area (Å²) < 4.78 is 10.6. The van der Waals surface area contributed by atoms with Gasteiger partial charge >= 0.3 is 0 Å². The van der Waals surface area contributed by atoms with Gasteiger partial charge in [0.1, 0.15) is 6.29 Å². The smallest absolute Gasteiger partial charge is 0.262 e. The molecule has 7 heteroatoms. The van der Waals surface area contributed by atoms with E-state index in [0.29, 0.717) is 34.6 Å². The zero-order chi connectivity index (χ0) is 19.2. The number of nitrogens with one attached hydrogen (secondary N) is 2. The third-order valence-electron chi connectivity index (χ3n) is 4.00. The average molecular weight is 368 g/mol. The van der Waals surface area contributed by atoms with Crippen LogP contribution < -0.4 is 20.1 Å². The first kappa shape index (κ1) is 18.4. The molecule has 0 aliphatic heterocycles. The van der Waals surface area contributed by atoms with Gasteiger partial charge in [0.2, 0.25) is 0 Å².